The number of nitrogens with one attached hydrogen (secondary N) is 1. The Morgan fingerprint density at radius 3 is 2.57 bits per heavy atom. The SMILES string of the molecule is CCC(=O)N1c2ccccc2NC2=CC(C)(C)CC(=O)C2C1c1ccc(C#N)cc1. The molecule has 4 rings (SSSR count). The van der Waals surface area contributed by atoms with E-state index in [1.165, 1.54) is 0 Å². The summed E-state index contributed by atoms with van der Waals surface area (Å²) < 4.78 is 0. The number of rotatable bonds is 2. The summed E-state index contributed by atoms with van der Waals surface area (Å²) in [6.07, 6.45) is 2.87. The standard InChI is InChI=1S/C25H25N3O2/c1-4-22(30)28-20-8-6-5-7-18(20)27-19-13-25(2,3)14-21(29)23(19)24(28)17-11-9-16(15-26)10-12-17/h5-13,23-24,27H,4,14H2,1-3H3. The third-order valence-corrected chi connectivity index (χ3v) is 5.85. The quantitative estimate of drug-likeness (QED) is 0.774. The number of para-hydroxylation sites is 2. The van der Waals surface area contributed by atoms with Gasteiger partial charge < -0.3 is 10.2 Å². The summed E-state index contributed by atoms with van der Waals surface area (Å²) in [6, 6.07) is 16.6. The zero-order chi connectivity index (χ0) is 21.5. The van der Waals surface area contributed by atoms with Crippen molar-refractivity contribution in [2.24, 2.45) is 11.3 Å². The molecule has 1 aliphatic carbocycles. The number of ketones is 1. The third kappa shape index (κ3) is 3.39. The average Bonchev–Trinajstić information content (AvgIpc) is 2.86. The minimum absolute atomic E-state index is 0.0440. The zero-order valence-electron chi connectivity index (χ0n) is 17.5. The molecule has 1 N–H and O–H groups in total. The van der Waals surface area contributed by atoms with E-state index in [2.05, 4.69) is 31.3 Å². The minimum atomic E-state index is -0.492. The molecular formula is C25H25N3O2. The predicted molar refractivity (Wildman–Crippen MR) is 117 cm³/mol. The zero-order valence-corrected chi connectivity index (χ0v) is 17.5. The molecule has 5 nitrogen and oxygen atoms in total. The fourth-order valence-electron chi connectivity index (χ4n) is 4.55. The van der Waals surface area contributed by atoms with E-state index in [9.17, 15) is 14.9 Å². The molecule has 0 radical (unpaired) electrons. The molecule has 2 aromatic carbocycles. The lowest BCUT2D eigenvalue weighted by molar-refractivity contribution is -0.125. The fraction of sp³-hybridized carbons (Fsp3) is 0.320. The van der Waals surface area contributed by atoms with Crippen molar-refractivity contribution in [1.82, 2.24) is 0 Å². The van der Waals surface area contributed by atoms with Gasteiger partial charge in [-0.2, -0.15) is 5.26 Å². The summed E-state index contributed by atoms with van der Waals surface area (Å²) in [5, 5.41) is 12.7. The van der Waals surface area contributed by atoms with Gasteiger partial charge in [-0.3, -0.25) is 9.59 Å². The topological polar surface area (TPSA) is 73.2 Å². The highest BCUT2D eigenvalue weighted by atomic mass is 16.2. The van der Waals surface area contributed by atoms with Gasteiger partial charge in [-0.1, -0.05) is 51.1 Å². The number of nitrogens with zero attached hydrogens (tertiary/aromatic N) is 2. The van der Waals surface area contributed by atoms with Crippen molar-refractivity contribution in [1.29, 1.82) is 5.26 Å². The Hall–Kier alpha value is -3.39. The molecule has 1 amide bonds. The summed E-state index contributed by atoms with van der Waals surface area (Å²) in [7, 11) is 0. The molecule has 0 aromatic heterocycles. The number of amides is 1. The first kappa shape index (κ1) is 19.9. The summed E-state index contributed by atoms with van der Waals surface area (Å²) in [5.41, 5.74) is 3.55. The normalized spacial score (nSPS) is 22.0. The van der Waals surface area contributed by atoms with Crippen LogP contribution in [0.25, 0.3) is 0 Å². The van der Waals surface area contributed by atoms with Gasteiger partial charge in [0, 0.05) is 18.5 Å². The Balaban J connectivity index is 1.99. The van der Waals surface area contributed by atoms with E-state index in [0.29, 0.717) is 18.4 Å². The molecular weight excluding hydrogens is 374 g/mol. The molecule has 1 aliphatic heterocycles. The van der Waals surface area contributed by atoms with E-state index >= 15 is 0 Å². The second kappa shape index (κ2) is 7.46. The number of fused-ring (bicyclic) bond motifs is 2. The number of benzene rings is 2. The van der Waals surface area contributed by atoms with Crippen LogP contribution in [0.2, 0.25) is 0 Å². The van der Waals surface area contributed by atoms with E-state index in [0.717, 1.165) is 22.6 Å². The number of hydrogen-bond donors (Lipinski definition) is 1. The molecule has 0 spiro atoms. The largest absolute Gasteiger partial charge is 0.357 e. The van der Waals surface area contributed by atoms with Crippen LogP contribution in [0.15, 0.2) is 60.3 Å². The van der Waals surface area contributed by atoms with Crippen LogP contribution in [0.4, 0.5) is 11.4 Å². The maximum atomic E-state index is 13.4. The third-order valence-electron chi connectivity index (χ3n) is 5.85. The lowest BCUT2D eigenvalue weighted by Crippen LogP contribution is -2.43. The number of carbonyl (C=O) groups excluding carboxylic acids is 2. The number of carbonyl (C=O) groups is 2. The van der Waals surface area contributed by atoms with Crippen molar-refractivity contribution in [3.05, 3.63) is 71.4 Å². The molecule has 5 heteroatoms. The Labute approximate surface area is 177 Å². The molecule has 2 aliphatic rings. The molecule has 0 fully saturated rings. The molecule has 2 unspecified atom stereocenters. The lowest BCUT2D eigenvalue weighted by atomic mass is 9.72. The van der Waals surface area contributed by atoms with Crippen LogP contribution in [0.5, 0.6) is 0 Å². The van der Waals surface area contributed by atoms with Gasteiger partial charge in [0.25, 0.3) is 0 Å². The van der Waals surface area contributed by atoms with Crippen LogP contribution >= 0.6 is 0 Å². The van der Waals surface area contributed by atoms with E-state index in [4.69, 9.17) is 0 Å². The van der Waals surface area contributed by atoms with Crippen molar-refractivity contribution >= 4 is 23.1 Å². The van der Waals surface area contributed by atoms with Crippen molar-refractivity contribution < 1.29 is 9.59 Å². The summed E-state index contributed by atoms with van der Waals surface area (Å²) in [5.74, 6) is -0.424. The monoisotopic (exact) mass is 399 g/mol. The smallest absolute Gasteiger partial charge is 0.227 e. The van der Waals surface area contributed by atoms with E-state index in [1.54, 1.807) is 17.0 Å². The second-order valence-electron chi connectivity index (χ2n) is 8.65. The maximum Gasteiger partial charge on any atom is 0.227 e. The molecule has 152 valence electrons. The van der Waals surface area contributed by atoms with E-state index in [-0.39, 0.29) is 17.1 Å². The van der Waals surface area contributed by atoms with Gasteiger partial charge in [-0.05, 0) is 35.2 Å². The van der Waals surface area contributed by atoms with Crippen LogP contribution in [0, 0.1) is 22.7 Å². The second-order valence-corrected chi connectivity index (χ2v) is 8.65. The Morgan fingerprint density at radius 1 is 1.20 bits per heavy atom. The van der Waals surface area contributed by atoms with Gasteiger partial charge in [0.05, 0.1) is 35.0 Å². The lowest BCUT2D eigenvalue weighted by Gasteiger charge is -2.39. The maximum absolute atomic E-state index is 13.4. The number of nitriles is 1. The molecule has 1 heterocycles. The highest BCUT2D eigenvalue weighted by Gasteiger charge is 2.45. The Morgan fingerprint density at radius 2 is 1.90 bits per heavy atom. The molecule has 0 saturated heterocycles. The van der Waals surface area contributed by atoms with Crippen LogP contribution < -0.4 is 10.2 Å². The van der Waals surface area contributed by atoms with E-state index < -0.39 is 12.0 Å². The van der Waals surface area contributed by atoms with Gasteiger partial charge in [-0.25, -0.2) is 0 Å². The molecule has 2 atom stereocenters. The first-order valence-corrected chi connectivity index (χ1v) is 10.3. The van der Waals surface area contributed by atoms with Crippen LogP contribution in [0.1, 0.15) is 50.8 Å². The average molecular weight is 399 g/mol. The summed E-state index contributed by atoms with van der Waals surface area (Å²) >= 11 is 0. The van der Waals surface area contributed by atoms with Gasteiger partial charge in [0.1, 0.15) is 5.78 Å². The number of allylic oxidation sites excluding steroid dienone is 1. The van der Waals surface area contributed by atoms with Crippen LogP contribution in [0.3, 0.4) is 0 Å². The first-order chi connectivity index (χ1) is 14.3. The van der Waals surface area contributed by atoms with Gasteiger partial charge in [0.2, 0.25) is 5.91 Å². The highest BCUT2D eigenvalue weighted by Crippen LogP contribution is 2.48. The Kier molecular flexibility index (Phi) is 4.95. The first-order valence-electron chi connectivity index (χ1n) is 10.3. The minimum Gasteiger partial charge on any atom is -0.357 e. The van der Waals surface area contributed by atoms with Crippen LogP contribution in [-0.4, -0.2) is 11.7 Å². The van der Waals surface area contributed by atoms with Gasteiger partial charge >= 0.3 is 0 Å². The Bertz CT molecular complexity index is 1080. The molecule has 0 bridgehead atoms. The summed E-state index contributed by atoms with van der Waals surface area (Å²) in [4.78, 5) is 28.4. The molecule has 30 heavy (non-hydrogen) atoms. The van der Waals surface area contributed by atoms with E-state index in [1.807, 2.05) is 43.3 Å². The summed E-state index contributed by atoms with van der Waals surface area (Å²) in [6.45, 7) is 5.94. The highest BCUT2D eigenvalue weighted by molar-refractivity contribution is 6.01. The molecule has 2 aromatic rings. The predicted octanol–water partition coefficient (Wildman–Crippen LogP) is 4.97. The van der Waals surface area contributed by atoms with Gasteiger partial charge in [-0.15, -0.1) is 0 Å². The number of Topliss-reactive ketones (excluding diaryl/α,β-unsaturated/α-hetero) is 1. The fourth-order valence-corrected chi connectivity index (χ4v) is 4.55. The van der Waals surface area contributed by atoms with Crippen molar-refractivity contribution in [3.63, 3.8) is 0 Å². The van der Waals surface area contributed by atoms with Crippen LogP contribution in [-0.2, 0) is 9.59 Å². The van der Waals surface area contributed by atoms with Crippen molar-refractivity contribution in [2.75, 3.05) is 10.2 Å². The van der Waals surface area contributed by atoms with Gasteiger partial charge in [0.15, 0.2) is 0 Å². The van der Waals surface area contributed by atoms with Crippen molar-refractivity contribution in [2.45, 2.75) is 39.7 Å². The number of anilines is 2. The number of hydrogen-bond acceptors (Lipinski definition) is 4. The molecule has 0 saturated carbocycles. The van der Waals surface area contributed by atoms with Crippen molar-refractivity contribution in [3.8, 4) is 6.07 Å².